The van der Waals surface area contributed by atoms with Crippen LogP contribution in [0.25, 0.3) is 0 Å². The number of carbonyl (C=O) groups is 1. The van der Waals surface area contributed by atoms with Crippen LogP contribution in [0.3, 0.4) is 0 Å². The average Bonchev–Trinajstić information content (AvgIpc) is 3.07. The average molecular weight is 254 g/mol. The van der Waals surface area contributed by atoms with Gasteiger partial charge in [-0.1, -0.05) is 20.8 Å². The Morgan fingerprint density at radius 3 is 2.44 bits per heavy atom. The molecule has 0 aromatic heterocycles. The van der Waals surface area contributed by atoms with Crippen molar-refractivity contribution in [2.45, 2.75) is 71.9 Å². The van der Waals surface area contributed by atoms with Crippen LogP contribution in [-0.2, 0) is 4.79 Å². The standard InChI is InChI=1S/C15H30N2O/c1-6-15(4,5)16-14(18)11-17(13-7-8-13)10-9-12(2)3/h12-13H,6-11H2,1-5H3,(H,16,18). The molecule has 1 fully saturated rings. The van der Waals surface area contributed by atoms with Crippen LogP contribution in [-0.4, -0.2) is 35.5 Å². The van der Waals surface area contributed by atoms with Crippen molar-refractivity contribution >= 4 is 5.91 Å². The molecule has 0 saturated heterocycles. The Labute approximate surface area is 112 Å². The summed E-state index contributed by atoms with van der Waals surface area (Å²) in [4.78, 5) is 14.4. The van der Waals surface area contributed by atoms with Crippen LogP contribution < -0.4 is 5.32 Å². The smallest absolute Gasteiger partial charge is 0.234 e. The number of amides is 1. The minimum Gasteiger partial charge on any atom is -0.350 e. The number of rotatable bonds is 8. The third-order valence-corrected chi connectivity index (χ3v) is 3.77. The first-order valence-electron chi connectivity index (χ1n) is 7.39. The molecule has 1 saturated carbocycles. The fraction of sp³-hybridized carbons (Fsp3) is 0.933. The summed E-state index contributed by atoms with van der Waals surface area (Å²) in [5, 5.41) is 3.13. The number of carbonyl (C=O) groups excluding carboxylic acids is 1. The van der Waals surface area contributed by atoms with Gasteiger partial charge < -0.3 is 5.32 Å². The second-order valence-corrected chi connectivity index (χ2v) is 6.67. The van der Waals surface area contributed by atoms with Gasteiger partial charge in [0.15, 0.2) is 0 Å². The van der Waals surface area contributed by atoms with E-state index in [4.69, 9.17) is 0 Å². The van der Waals surface area contributed by atoms with Gasteiger partial charge in [-0.3, -0.25) is 9.69 Å². The van der Waals surface area contributed by atoms with Crippen LogP contribution in [0.15, 0.2) is 0 Å². The van der Waals surface area contributed by atoms with Gasteiger partial charge in [-0.25, -0.2) is 0 Å². The van der Waals surface area contributed by atoms with Gasteiger partial charge in [-0.15, -0.1) is 0 Å². The summed E-state index contributed by atoms with van der Waals surface area (Å²) >= 11 is 0. The van der Waals surface area contributed by atoms with Crippen molar-refractivity contribution in [1.29, 1.82) is 0 Å². The maximum absolute atomic E-state index is 12.1. The lowest BCUT2D eigenvalue weighted by Gasteiger charge is -2.28. The quantitative estimate of drug-likeness (QED) is 0.722. The summed E-state index contributed by atoms with van der Waals surface area (Å²) in [7, 11) is 0. The Balaban J connectivity index is 2.38. The fourth-order valence-corrected chi connectivity index (χ4v) is 1.94. The van der Waals surface area contributed by atoms with Gasteiger partial charge in [0, 0.05) is 11.6 Å². The first kappa shape index (κ1) is 15.5. The molecule has 0 atom stereocenters. The van der Waals surface area contributed by atoms with Crippen molar-refractivity contribution in [2.75, 3.05) is 13.1 Å². The molecule has 3 nitrogen and oxygen atoms in total. The number of hydrogen-bond acceptors (Lipinski definition) is 2. The van der Waals surface area contributed by atoms with E-state index in [0.29, 0.717) is 18.5 Å². The third kappa shape index (κ3) is 5.85. The monoisotopic (exact) mass is 254 g/mol. The van der Waals surface area contributed by atoms with Gasteiger partial charge in [0.05, 0.1) is 6.54 Å². The van der Waals surface area contributed by atoms with E-state index >= 15 is 0 Å². The molecule has 0 heterocycles. The Hall–Kier alpha value is -0.570. The molecule has 0 unspecified atom stereocenters. The molecule has 0 aliphatic heterocycles. The van der Waals surface area contributed by atoms with Gasteiger partial charge in [-0.05, 0) is 52.0 Å². The van der Waals surface area contributed by atoms with Crippen LogP contribution in [0.4, 0.5) is 0 Å². The highest BCUT2D eigenvalue weighted by atomic mass is 16.2. The number of nitrogens with one attached hydrogen (secondary N) is 1. The first-order valence-corrected chi connectivity index (χ1v) is 7.39. The topological polar surface area (TPSA) is 32.3 Å². The highest BCUT2D eigenvalue weighted by Crippen LogP contribution is 2.27. The minimum absolute atomic E-state index is 0.0790. The van der Waals surface area contributed by atoms with Gasteiger partial charge in [0.25, 0.3) is 0 Å². The molecular weight excluding hydrogens is 224 g/mol. The molecule has 3 heteroatoms. The predicted molar refractivity (Wildman–Crippen MR) is 76.6 cm³/mol. The van der Waals surface area contributed by atoms with E-state index in [2.05, 4.69) is 44.8 Å². The molecule has 0 bridgehead atoms. The molecule has 1 N–H and O–H groups in total. The first-order chi connectivity index (χ1) is 8.34. The van der Waals surface area contributed by atoms with Crippen LogP contribution in [0.5, 0.6) is 0 Å². The van der Waals surface area contributed by atoms with E-state index in [0.717, 1.165) is 13.0 Å². The Bertz CT molecular complexity index is 270. The van der Waals surface area contributed by atoms with Gasteiger partial charge in [0.2, 0.25) is 5.91 Å². The molecular formula is C15H30N2O. The van der Waals surface area contributed by atoms with Crippen LogP contribution >= 0.6 is 0 Å². The lowest BCUT2D eigenvalue weighted by Crippen LogP contribution is -2.48. The Morgan fingerprint density at radius 1 is 1.39 bits per heavy atom. The molecule has 0 spiro atoms. The fourth-order valence-electron chi connectivity index (χ4n) is 1.94. The van der Waals surface area contributed by atoms with Crippen molar-refractivity contribution < 1.29 is 4.79 Å². The van der Waals surface area contributed by atoms with Crippen molar-refractivity contribution in [3.8, 4) is 0 Å². The van der Waals surface area contributed by atoms with Crippen molar-refractivity contribution in [3.63, 3.8) is 0 Å². The van der Waals surface area contributed by atoms with E-state index in [9.17, 15) is 4.79 Å². The van der Waals surface area contributed by atoms with Crippen LogP contribution in [0.2, 0.25) is 0 Å². The van der Waals surface area contributed by atoms with E-state index in [1.165, 1.54) is 19.3 Å². The molecule has 0 aromatic rings. The molecule has 0 radical (unpaired) electrons. The summed E-state index contributed by atoms with van der Waals surface area (Å²) in [5.41, 5.74) is -0.0790. The summed E-state index contributed by atoms with van der Waals surface area (Å²) in [6.07, 6.45) is 4.68. The van der Waals surface area contributed by atoms with E-state index in [1.54, 1.807) is 0 Å². The number of nitrogens with zero attached hydrogens (tertiary/aromatic N) is 1. The van der Waals surface area contributed by atoms with Crippen molar-refractivity contribution in [2.24, 2.45) is 5.92 Å². The van der Waals surface area contributed by atoms with Crippen molar-refractivity contribution in [3.05, 3.63) is 0 Å². The second-order valence-electron chi connectivity index (χ2n) is 6.67. The van der Waals surface area contributed by atoms with E-state index in [1.807, 2.05) is 0 Å². The SMILES string of the molecule is CCC(C)(C)NC(=O)CN(CCC(C)C)C1CC1. The van der Waals surface area contributed by atoms with Crippen LogP contribution in [0.1, 0.15) is 60.3 Å². The summed E-state index contributed by atoms with van der Waals surface area (Å²) in [6, 6.07) is 0.666. The largest absolute Gasteiger partial charge is 0.350 e. The maximum atomic E-state index is 12.1. The molecule has 1 amide bonds. The molecule has 106 valence electrons. The summed E-state index contributed by atoms with van der Waals surface area (Å²) in [6.45, 7) is 12.4. The predicted octanol–water partition coefficient (Wildman–Crippen LogP) is 2.80. The second kappa shape index (κ2) is 6.55. The minimum atomic E-state index is -0.0790. The highest BCUT2D eigenvalue weighted by Gasteiger charge is 2.30. The Kier molecular flexibility index (Phi) is 5.64. The van der Waals surface area contributed by atoms with Crippen LogP contribution in [0, 0.1) is 5.92 Å². The molecule has 1 aliphatic rings. The number of hydrogen-bond donors (Lipinski definition) is 1. The highest BCUT2D eigenvalue weighted by molar-refractivity contribution is 5.78. The maximum Gasteiger partial charge on any atom is 0.234 e. The molecule has 1 aliphatic carbocycles. The normalized spacial score (nSPS) is 16.4. The van der Waals surface area contributed by atoms with Crippen molar-refractivity contribution in [1.82, 2.24) is 10.2 Å². The van der Waals surface area contributed by atoms with Gasteiger partial charge >= 0.3 is 0 Å². The molecule has 18 heavy (non-hydrogen) atoms. The van der Waals surface area contributed by atoms with E-state index in [-0.39, 0.29) is 11.4 Å². The molecule has 0 aromatic carbocycles. The zero-order valence-corrected chi connectivity index (χ0v) is 12.8. The Morgan fingerprint density at radius 2 is 2.00 bits per heavy atom. The zero-order valence-electron chi connectivity index (χ0n) is 12.8. The third-order valence-electron chi connectivity index (χ3n) is 3.77. The summed E-state index contributed by atoms with van der Waals surface area (Å²) in [5.74, 6) is 0.888. The lowest BCUT2D eigenvalue weighted by atomic mass is 10.0. The summed E-state index contributed by atoms with van der Waals surface area (Å²) < 4.78 is 0. The lowest BCUT2D eigenvalue weighted by molar-refractivity contribution is -0.124. The zero-order chi connectivity index (χ0) is 13.8. The molecule has 1 rings (SSSR count). The van der Waals surface area contributed by atoms with Gasteiger partial charge in [-0.2, -0.15) is 0 Å². The van der Waals surface area contributed by atoms with E-state index < -0.39 is 0 Å². The van der Waals surface area contributed by atoms with Gasteiger partial charge in [0.1, 0.15) is 0 Å².